The van der Waals surface area contributed by atoms with Crippen molar-refractivity contribution in [1.82, 2.24) is 20.2 Å². The molecule has 1 saturated heterocycles. The molecule has 2 aliphatic rings. The van der Waals surface area contributed by atoms with E-state index in [4.69, 9.17) is 33.3 Å². The maximum atomic E-state index is 13.2. The molecule has 0 unspecified atom stereocenters. The number of nitrogens with zero attached hydrogens (tertiary/aromatic N) is 3. The van der Waals surface area contributed by atoms with E-state index in [9.17, 15) is 14.4 Å². The second kappa shape index (κ2) is 11.9. The van der Waals surface area contributed by atoms with Crippen LogP contribution in [0.15, 0.2) is 30.6 Å². The van der Waals surface area contributed by atoms with Crippen LogP contribution in [0.2, 0.25) is 0 Å². The van der Waals surface area contributed by atoms with Crippen molar-refractivity contribution in [3.05, 3.63) is 47.5 Å². The second-order valence-electron chi connectivity index (χ2n) is 10.1. The van der Waals surface area contributed by atoms with E-state index in [1.807, 2.05) is 13.8 Å². The number of anilines is 1. The van der Waals surface area contributed by atoms with Crippen molar-refractivity contribution < 1.29 is 24.5 Å². The molecule has 208 valence electrons. The number of carbonyl (C=O) groups excluding carboxylic acids is 3. The van der Waals surface area contributed by atoms with Crippen molar-refractivity contribution in [2.45, 2.75) is 63.1 Å². The van der Waals surface area contributed by atoms with Gasteiger partial charge in [-0.2, -0.15) is 0 Å². The highest BCUT2D eigenvalue weighted by Gasteiger charge is 2.55. The van der Waals surface area contributed by atoms with Crippen LogP contribution in [0.25, 0.3) is 0 Å². The number of carbonyl (C=O) groups is 3. The van der Waals surface area contributed by atoms with Crippen molar-refractivity contribution in [3.8, 4) is 5.75 Å². The maximum absolute atomic E-state index is 13.2. The lowest BCUT2D eigenvalue weighted by Gasteiger charge is -2.26. The van der Waals surface area contributed by atoms with Crippen LogP contribution in [0.3, 0.4) is 0 Å². The lowest BCUT2D eigenvalue weighted by molar-refractivity contribution is -0.137. The molecule has 2 aromatic rings. The van der Waals surface area contributed by atoms with Gasteiger partial charge in [-0.3, -0.25) is 19.8 Å². The van der Waals surface area contributed by atoms with Gasteiger partial charge >= 0.3 is 0 Å². The Labute approximate surface area is 237 Å². The van der Waals surface area contributed by atoms with Crippen LogP contribution in [-0.4, -0.2) is 67.7 Å². The third-order valence-corrected chi connectivity index (χ3v) is 7.98. The Morgan fingerprint density at radius 3 is 2.59 bits per heavy atom. The summed E-state index contributed by atoms with van der Waals surface area (Å²) < 4.78 is 5.09. The number of ether oxygens (including phenoxy) is 1. The van der Waals surface area contributed by atoms with Crippen LogP contribution >= 0.6 is 23.2 Å². The Bertz CT molecular complexity index is 1270. The number of benzene rings is 1. The molecule has 2 fully saturated rings. The van der Waals surface area contributed by atoms with E-state index in [1.165, 1.54) is 6.92 Å². The van der Waals surface area contributed by atoms with E-state index in [0.29, 0.717) is 42.2 Å². The number of amides is 2. The summed E-state index contributed by atoms with van der Waals surface area (Å²) in [5, 5.41) is 12.2. The molecule has 0 bridgehead atoms. The molecule has 2 heterocycles. The molecule has 0 radical (unpaired) electrons. The molecule has 10 nitrogen and oxygen atoms in total. The van der Waals surface area contributed by atoms with E-state index < -0.39 is 10.4 Å². The maximum Gasteiger partial charge on any atom is 0.249 e. The van der Waals surface area contributed by atoms with Gasteiger partial charge in [-0.25, -0.2) is 9.97 Å². The Hall–Kier alpha value is -3.24. The summed E-state index contributed by atoms with van der Waals surface area (Å²) in [6.07, 6.45) is 5.18. The van der Waals surface area contributed by atoms with E-state index in [-0.39, 0.29) is 48.4 Å². The smallest absolute Gasteiger partial charge is 0.249 e. The Kier molecular flexibility index (Phi) is 8.76. The van der Waals surface area contributed by atoms with Crippen LogP contribution in [0, 0.1) is 12.8 Å². The van der Waals surface area contributed by atoms with Crippen LogP contribution < -0.4 is 20.8 Å². The topological polar surface area (TPSA) is 139 Å². The van der Waals surface area contributed by atoms with Crippen molar-refractivity contribution in [1.29, 1.82) is 0 Å². The fourth-order valence-electron chi connectivity index (χ4n) is 4.76. The zero-order chi connectivity index (χ0) is 28.3. The number of ketones is 1. The average Bonchev–Trinajstić information content (AvgIpc) is 3.29. The highest BCUT2D eigenvalue weighted by atomic mass is 35.5. The summed E-state index contributed by atoms with van der Waals surface area (Å²) in [5.41, 5.74) is 1.74. The predicted molar refractivity (Wildman–Crippen MR) is 148 cm³/mol. The van der Waals surface area contributed by atoms with Gasteiger partial charge in [0.1, 0.15) is 22.7 Å². The minimum absolute atomic E-state index is 0.00572. The third kappa shape index (κ3) is 6.86. The SMILES string of the molecule is CC(=O)C(=[NH2+])c1cc(OCc2ncccn2)c(C)cc1NCC(=O)N1CCC[C@H]1C(=O)N[C@H](C)[C@H]1CC1(Cl)Cl. The molecule has 1 aliphatic heterocycles. The van der Waals surface area contributed by atoms with Gasteiger partial charge in [0, 0.05) is 43.5 Å². The number of likely N-dealkylation sites (tertiary alicyclic amines) is 1. The molecule has 2 amide bonds. The summed E-state index contributed by atoms with van der Waals surface area (Å²) in [4.78, 5) is 48.2. The van der Waals surface area contributed by atoms with Crippen molar-refractivity contribution in [2.24, 2.45) is 5.92 Å². The van der Waals surface area contributed by atoms with E-state index in [1.54, 1.807) is 35.5 Å². The lowest BCUT2D eigenvalue weighted by atomic mass is 10.0. The van der Waals surface area contributed by atoms with E-state index in [0.717, 1.165) is 12.0 Å². The molecular formula is C27H33Cl2N6O4+. The average molecular weight is 577 g/mol. The van der Waals surface area contributed by atoms with Crippen molar-refractivity contribution in [3.63, 3.8) is 0 Å². The van der Waals surface area contributed by atoms with Gasteiger partial charge in [-0.05, 0) is 56.9 Å². The summed E-state index contributed by atoms with van der Waals surface area (Å²) in [6.45, 7) is 5.63. The molecule has 0 spiro atoms. The standard InChI is InChI=1S/C27H32Cl2N6O4/c1-15-10-20(18(25(30)17(3)36)11-22(15)39-14-23-31-7-5-8-32-23)33-13-24(37)35-9-4-6-21(35)26(38)34-16(2)19-12-27(19,28)29/h5,7-8,10-11,16,19,21,30,33H,4,6,9,12-14H2,1-3H3,(H,34,38)/p+1/t16-,19-,21+/m1/s1. The van der Waals surface area contributed by atoms with Crippen molar-refractivity contribution >= 4 is 52.2 Å². The zero-order valence-electron chi connectivity index (χ0n) is 22.2. The molecule has 12 heteroatoms. The molecule has 1 aromatic carbocycles. The largest absolute Gasteiger partial charge is 0.485 e. The van der Waals surface area contributed by atoms with E-state index in [2.05, 4.69) is 20.6 Å². The number of hydrogen-bond acceptors (Lipinski definition) is 7. The number of nitrogens with two attached hydrogens (primary N) is 1. The highest BCUT2D eigenvalue weighted by molar-refractivity contribution is 6.51. The normalized spacial score (nSPS) is 20.2. The van der Waals surface area contributed by atoms with Crippen LogP contribution in [0.5, 0.6) is 5.75 Å². The van der Waals surface area contributed by atoms with Gasteiger partial charge < -0.3 is 20.3 Å². The van der Waals surface area contributed by atoms with Gasteiger partial charge in [-0.1, -0.05) is 0 Å². The Balaban J connectivity index is 1.43. The highest BCUT2D eigenvalue weighted by Crippen LogP contribution is 2.54. The summed E-state index contributed by atoms with van der Waals surface area (Å²) in [5.74, 6) is 0.257. The fraction of sp³-hybridized carbons (Fsp3) is 0.481. The summed E-state index contributed by atoms with van der Waals surface area (Å²) in [7, 11) is 0. The number of rotatable bonds is 11. The number of alkyl halides is 2. The van der Waals surface area contributed by atoms with Gasteiger partial charge in [-0.15, -0.1) is 23.2 Å². The van der Waals surface area contributed by atoms with Crippen LogP contribution in [-0.2, 0) is 21.0 Å². The van der Waals surface area contributed by atoms with Crippen LogP contribution in [0.1, 0.15) is 50.1 Å². The first-order valence-corrected chi connectivity index (χ1v) is 13.6. The van der Waals surface area contributed by atoms with E-state index >= 15 is 0 Å². The number of aromatic nitrogens is 2. The third-order valence-electron chi connectivity index (χ3n) is 7.11. The molecule has 4 N–H and O–H groups in total. The minimum atomic E-state index is -0.799. The second-order valence-corrected chi connectivity index (χ2v) is 11.6. The molecule has 1 aromatic heterocycles. The monoisotopic (exact) mass is 575 g/mol. The molecule has 4 rings (SSSR count). The first kappa shape index (κ1) is 28.8. The Morgan fingerprint density at radius 2 is 1.95 bits per heavy atom. The quantitative estimate of drug-likeness (QED) is 0.273. The van der Waals surface area contributed by atoms with Gasteiger partial charge in [0.15, 0.2) is 5.82 Å². The zero-order valence-corrected chi connectivity index (χ0v) is 23.7. The molecule has 1 saturated carbocycles. The molecule has 3 atom stereocenters. The number of halogens is 2. The summed E-state index contributed by atoms with van der Waals surface area (Å²) in [6, 6.07) is 4.41. The number of Topliss-reactive ketones (excluding diaryl/α,β-unsaturated/α-hetero) is 1. The summed E-state index contributed by atoms with van der Waals surface area (Å²) >= 11 is 12.3. The lowest BCUT2D eigenvalue weighted by Crippen LogP contribution is -2.50. The number of nitrogens with one attached hydrogen (secondary N) is 2. The Morgan fingerprint density at radius 1 is 1.26 bits per heavy atom. The predicted octanol–water partition coefficient (Wildman–Crippen LogP) is 1.60. The first-order chi connectivity index (χ1) is 18.5. The van der Waals surface area contributed by atoms with Crippen LogP contribution in [0.4, 0.5) is 5.69 Å². The minimum Gasteiger partial charge on any atom is -0.485 e. The van der Waals surface area contributed by atoms with Gasteiger partial charge in [0.2, 0.25) is 23.3 Å². The number of aryl methyl sites for hydroxylation is 1. The first-order valence-electron chi connectivity index (χ1n) is 12.9. The van der Waals surface area contributed by atoms with Gasteiger partial charge in [0.05, 0.1) is 12.1 Å². The van der Waals surface area contributed by atoms with Gasteiger partial charge in [0.25, 0.3) is 0 Å². The molecule has 1 aliphatic carbocycles. The fourth-order valence-corrected chi connectivity index (χ4v) is 5.47. The number of hydrogen-bond donors (Lipinski definition) is 3. The molecule has 39 heavy (non-hydrogen) atoms. The molecular weight excluding hydrogens is 543 g/mol. The van der Waals surface area contributed by atoms with Crippen molar-refractivity contribution in [2.75, 3.05) is 18.4 Å².